The van der Waals surface area contributed by atoms with Gasteiger partial charge in [0.15, 0.2) is 23.6 Å². The Hall–Kier alpha value is -2.51. The quantitative estimate of drug-likeness (QED) is 0.0383. The van der Waals surface area contributed by atoms with Crippen LogP contribution in [0.25, 0.3) is 0 Å². The maximum Gasteiger partial charge on any atom is 0.358 e. The van der Waals surface area contributed by atoms with Crippen molar-refractivity contribution < 1.29 is 23.3 Å². The van der Waals surface area contributed by atoms with Gasteiger partial charge in [-0.3, -0.25) is 5.01 Å². The molecule has 2 aliphatic carbocycles. The van der Waals surface area contributed by atoms with Gasteiger partial charge in [0, 0.05) is 46.6 Å². The second kappa shape index (κ2) is 29.4. The third kappa shape index (κ3) is 18.8. The molecule has 4 unspecified atom stereocenters. The van der Waals surface area contributed by atoms with Crippen molar-refractivity contribution in [3.63, 3.8) is 0 Å². The molecular weight excluding hydrogens is 989 g/mol. The number of hydrazone groups is 3. The molecule has 0 fully saturated rings. The summed E-state index contributed by atoms with van der Waals surface area (Å²) in [6.45, 7) is 21.0. The Kier molecular flexibility index (Phi) is 25.9. The monoisotopic (exact) mass is 1080 g/mol. The molecule has 0 saturated carbocycles. The minimum Gasteiger partial charge on any atom is -0.492 e. The highest BCUT2D eigenvalue weighted by molar-refractivity contribution is 8.04. The lowest BCUT2D eigenvalue weighted by Gasteiger charge is -2.34. The molecule has 11 nitrogen and oxygen atoms in total. The van der Waals surface area contributed by atoms with Crippen molar-refractivity contribution in [1.29, 1.82) is 0 Å². The molecule has 0 heterocycles. The standard InChI is InChI=1S/C53H90N6O5P4S2/c1-15-22-37-51(8,9)62-47-31-25-45(26-32-47)41-55-58(13)66(70)53(11,39-24-17-3)64-49-35-29-46(30-36-49)42-56-59(14)65(69)52(10,38-23-16-2)63-48-33-27-44(28-34-48)40-54-57(12)43-50(67(60,18-4)19-5)68(61,20-6)21-7/h25,27-29,31,33-35,40-42,50H,15-24,26,30,32,36-39,43H2,1-14H3/q+2. The largest absolute Gasteiger partial charge is 0.492 e. The first-order chi connectivity index (χ1) is 33.1. The van der Waals surface area contributed by atoms with Gasteiger partial charge in [-0.15, -0.1) is 19.8 Å². The maximum atomic E-state index is 13.9. The number of benzene rings is 1. The molecule has 1 aromatic rings. The Labute approximate surface area is 437 Å². The van der Waals surface area contributed by atoms with Crippen molar-refractivity contribution in [2.75, 3.05) is 52.3 Å². The summed E-state index contributed by atoms with van der Waals surface area (Å²) in [6.07, 6.45) is 28.7. The molecule has 4 atom stereocenters. The second-order valence-electron chi connectivity index (χ2n) is 19.8. The van der Waals surface area contributed by atoms with Crippen molar-refractivity contribution in [2.24, 2.45) is 15.3 Å². The number of hydrogen-bond donors (Lipinski definition) is 0. The van der Waals surface area contributed by atoms with E-state index < -0.39 is 38.7 Å². The molecule has 0 bridgehead atoms. The average Bonchev–Trinajstić information content (AvgIpc) is 3.36. The summed E-state index contributed by atoms with van der Waals surface area (Å²) in [6, 6.07) is 7.88. The zero-order valence-corrected chi connectivity index (χ0v) is 50.7. The lowest BCUT2D eigenvalue weighted by molar-refractivity contribution is 0.0207. The van der Waals surface area contributed by atoms with Crippen LogP contribution in [0.1, 0.15) is 165 Å². The minimum absolute atomic E-state index is 0.154. The normalized spacial score (nSPS) is 17.1. The molecule has 1 aromatic carbocycles. The maximum absolute atomic E-state index is 13.9. The first-order valence-corrected chi connectivity index (χ1v) is 34.9. The number of nitrogens with zero attached hydrogens (tertiary/aromatic N) is 6. The highest BCUT2D eigenvalue weighted by Crippen LogP contribution is 2.67. The first kappa shape index (κ1) is 61.8. The van der Waals surface area contributed by atoms with Crippen LogP contribution in [0.3, 0.4) is 0 Å². The summed E-state index contributed by atoms with van der Waals surface area (Å²) in [5, 5.41) is 14.7. The number of hydrogen-bond acceptors (Lipinski definition) is 11. The SMILES string of the molecule is CCCCC(C)(C)OC1=CC=C(C=NN(C)[P+](=S)C(C)(CCCC)OC2=CC=C(C=NN(C)[P+](=S)C(C)(CCCC)Oc3ccc(C=NN(C)CC(P(=O)(CC)CC)P(=O)(CC)CC)cc3)CC2)CC1. The van der Waals surface area contributed by atoms with Gasteiger partial charge in [0.25, 0.3) is 10.7 Å². The topological polar surface area (TPSA) is 109 Å². The Bertz CT molecular complexity index is 2150. The zero-order valence-electron chi connectivity index (χ0n) is 45.5. The van der Waals surface area contributed by atoms with Crippen LogP contribution in [-0.4, -0.2) is 107 Å². The molecule has 0 N–H and O–H groups in total. The van der Waals surface area contributed by atoms with Crippen molar-refractivity contribution in [2.45, 2.75) is 181 Å². The molecule has 17 heteroatoms. The van der Waals surface area contributed by atoms with Gasteiger partial charge < -0.3 is 23.3 Å². The Morgan fingerprint density at radius 3 is 1.44 bits per heavy atom. The van der Waals surface area contributed by atoms with Crippen LogP contribution in [0.2, 0.25) is 0 Å². The molecular formula is C53H90N6O5P4S2+2. The predicted molar refractivity (Wildman–Crippen MR) is 312 cm³/mol. The number of rotatable bonds is 33. The van der Waals surface area contributed by atoms with E-state index in [4.69, 9.17) is 48.0 Å². The fraction of sp³-hybridized carbons (Fsp3) is 0.679. The van der Waals surface area contributed by atoms with Gasteiger partial charge in [-0.05, 0) is 130 Å². The Balaban J connectivity index is 1.68. The van der Waals surface area contributed by atoms with Gasteiger partial charge in [-0.25, -0.2) is 0 Å². The van der Waals surface area contributed by atoms with E-state index in [0.717, 1.165) is 111 Å². The van der Waals surface area contributed by atoms with Crippen LogP contribution in [-0.2, 0) is 42.2 Å². The van der Waals surface area contributed by atoms with Crippen LogP contribution in [0, 0.1) is 0 Å². The van der Waals surface area contributed by atoms with Crippen LogP contribution < -0.4 is 4.74 Å². The zero-order chi connectivity index (χ0) is 52.2. The number of ether oxygens (including phenoxy) is 3. The van der Waals surface area contributed by atoms with E-state index in [0.29, 0.717) is 31.2 Å². The fourth-order valence-corrected chi connectivity index (χ4v) is 20.9. The Morgan fingerprint density at radius 1 is 0.600 bits per heavy atom. The minimum atomic E-state index is -2.62. The molecule has 0 saturated heterocycles. The van der Waals surface area contributed by atoms with E-state index in [9.17, 15) is 9.13 Å². The summed E-state index contributed by atoms with van der Waals surface area (Å²) in [5.41, 5.74) is 3.02. The van der Waals surface area contributed by atoms with E-state index in [1.54, 1.807) is 11.2 Å². The molecule has 0 aliphatic heterocycles. The van der Waals surface area contributed by atoms with Crippen molar-refractivity contribution in [1.82, 2.24) is 14.6 Å². The second-order valence-corrected chi connectivity index (χ2v) is 34.0. The molecule has 2 aliphatic rings. The molecule has 0 aromatic heterocycles. The summed E-state index contributed by atoms with van der Waals surface area (Å²) in [4.78, 5) is 0. The third-order valence-corrected chi connectivity index (χ3v) is 30.1. The van der Waals surface area contributed by atoms with E-state index in [1.165, 1.54) is 6.42 Å². The number of unbranched alkanes of at least 4 members (excludes halogenated alkanes) is 3. The van der Waals surface area contributed by atoms with Gasteiger partial charge >= 0.3 is 13.7 Å². The van der Waals surface area contributed by atoms with Crippen LogP contribution in [0.4, 0.5) is 0 Å². The van der Waals surface area contributed by atoms with Crippen molar-refractivity contribution in [3.05, 3.63) is 76.8 Å². The summed E-state index contributed by atoms with van der Waals surface area (Å²) >= 11 is 12.5. The van der Waals surface area contributed by atoms with Gasteiger partial charge in [0.05, 0.1) is 64.7 Å². The highest BCUT2D eigenvalue weighted by Gasteiger charge is 2.48. The van der Waals surface area contributed by atoms with Crippen molar-refractivity contribution >= 4 is 70.2 Å². The molecule has 0 spiro atoms. The fourth-order valence-electron chi connectivity index (χ4n) is 8.64. The van der Waals surface area contributed by atoms with Gasteiger partial charge in [0.2, 0.25) is 0 Å². The van der Waals surface area contributed by atoms with Gasteiger partial charge in [-0.2, -0.15) is 5.10 Å². The van der Waals surface area contributed by atoms with E-state index in [-0.39, 0.29) is 11.0 Å². The highest BCUT2D eigenvalue weighted by atomic mass is 32.4. The van der Waals surface area contributed by atoms with E-state index in [1.807, 2.05) is 95.1 Å². The molecule has 0 radical (unpaired) electrons. The van der Waals surface area contributed by atoms with Crippen LogP contribution in [0.15, 0.2) is 86.5 Å². The average molecular weight is 1080 g/mol. The lowest BCUT2D eigenvalue weighted by Crippen LogP contribution is -2.31. The smallest absolute Gasteiger partial charge is 0.358 e. The lowest BCUT2D eigenvalue weighted by atomic mass is 10.00. The summed E-state index contributed by atoms with van der Waals surface area (Å²) < 4.78 is 51.7. The Morgan fingerprint density at radius 2 is 1.03 bits per heavy atom. The van der Waals surface area contributed by atoms with E-state index >= 15 is 0 Å². The number of allylic oxidation sites excluding steroid dienone is 8. The molecule has 3 rings (SSSR count). The third-order valence-electron chi connectivity index (χ3n) is 13.6. The van der Waals surface area contributed by atoms with Crippen LogP contribution >= 0.6 is 28.0 Å². The van der Waals surface area contributed by atoms with Gasteiger partial charge in [-0.1, -0.05) is 79.9 Å². The molecule has 392 valence electrons. The van der Waals surface area contributed by atoms with E-state index in [2.05, 4.69) is 77.9 Å². The molecule has 70 heavy (non-hydrogen) atoms. The summed E-state index contributed by atoms with van der Waals surface area (Å²) in [7, 11) is 0.559. The summed E-state index contributed by atoms with van der Waals surface area (Å²) in [5.74, 6) is 2.71. The van der Waals surface area contributed by atoms with Crippen LogP contribution in [0.5, 0.6) is 5.75 Å². The molecule has 0 amide bonds. The van der Waals surface area contributed by atoms with Gasteiger partial charge in [0.1, 0.15) is 17.1 Å². The predicted octanol–water partition coefficient (Wildman–Crippen LogP) is 16.0. The van der Waals surface area contributed by atoms with Crippen molar-refractivity contribution in [3.8, 4) is 5.75 Å². The first-order valence-electron chi connectivity index (χ1n) is 26.0.